The summed E-state index contributed by atoms with van der Waals surface area (Å²) < 4.78 is 35.1. The number of morpholine rings is 2. The van der Waals surface area contributed by atoms with Crippen LogP contribution in [0.15, 0.2) is 55.9 Å². The van der Waals surface area contributed by atoms with Gasteiger partial charge in [-0.05, 0) is 74.9 Å². The van der Waals surface area contributed by atoms with Crippen molar-refractivity contribution in [1.29, 1.82) is 0 Å². The van der Waals surface area contributed by atoms with E-state index < -0.39 is 23.5 Å². The maximum absolute atomic E-state index is 13.3. The lowest BCUT2D eigenvalue weighted by molar-refractivity contribution is -0.158. The average Bonchev–Trinajstić information content (AvgIpc) is 3.13. The quantitative estimate of drug-likeness (QED) is 0.112. The number of rotatable bonds is 13. The molecule has 2 fully saturated rings. The fraction of sp³-hybridized carbons (Fsp3) is 0.425. The number of carbonyl (C=O) groups is 1. The molecule has 2 saturated heterocycles. The van der Waals surface area contributed by atoms with Gasteiger partial charge in [-0.1, -0.05) is 12.2 Å². The van der Waals surface area contributed by atoms with Crippen LogP contribution in [0, 0.1) is 27.7 Å². The van der Waals surface area contributed by atoms with Crippen LogP contribution in [0.25, 0.3) is 21.9 Å². The summed E-state index contributed by atoms with van der Waals surface area (Å²) in [5.74, 6) is -0.964. The molecule has 12 nitrogen and oxygen atoms in total. The molecule has 2 aromatic heterocycles. The van der Waals surface area contributed by atoms with Gasteiger partial charge in [-0.25, -0.2) is 14.4 Å². The third kappa shape index (κ3) is 7.42. The standard InChI is InChI=1S/C40H46N2O10/c1-7-9-27-19-29-23(3)31(21-41-11-15-47-16-12-41)38(45)49-35(29)25(5)33(27)51-40(37(43)44)52-34-26(6)36-30(20-28(34)10-8-2)24(4)32(39(46)50-36)22-42-13-17-48-18-14-42/h7-8,19-20,40H,1-2,9-18,21-22H2,3-6H3,(H,43,44). The van der Waals surface area contributed by atoms with E-state index in [4.69, 9.17) is 27.8 Å². The fourth-order valence-electron chi connectivity index (χ4n) is 7.08. The van der Waals surface area contributed by atoms with Crippen LogP contribution in [0.5, 0.6) is 11.5 Å². The molecule has 4 aromatic rings. The smallest absolute Gasteiger partial charge is 0.387 e. The second kappa shape index (κ2) is 15.9. The molecule has 12 heteroatoms. The highest BCUT2D eigenvalue weighted by molar-refractivity contribution is 5.88. The molecule has 0 unspecified atom stereocenters. The van der Waals surface area contributed by atoms with E-state index >= 15 is 0 Å². The maximum Gasteiger partial charge on any atom is 0.387 e. The van der Waals surface area contributed by atoms with E-state index in [1.807, 2.05) is 26.0 Å². The summed E-state index contributed by atoms with van der Waals surface area (Å²) in [7, 11) is 0. The minimum absolute atomic E-state index is 0.210. The zero-order chi connectivity index (χ0) is 37.1. The number of hydrogen-bond donors (Lipinski definition) is 1. The Labute approximate surface area is 301 Å². The molecule has 2 aromatic carbocycles. The average molecular weight is 715 g/mol. The molecule has 2 aliphatic heterocycles. The summed E-state index contributed by atoms with van der Waals surface area (Å²) >= 11 is 0. The highest BCUT2D eigenvalue weighted by atomic mass is 16.7. The lowest BCUT2D eigenvalue weighted by Crippen LogP contribution is -2.37. The zero-order valence-corrected chi connectivity index (χ0v) is 30.3. The Hall–Kier alpha value is -4.75. The Morgan fingerprint density at radius 2 is 1.12 bits per heavy atom. The predicted octanol–water partition coefficient (Wildman–Crippen LogP) is 5.12. The first kappa shape index (κ1) is 37.0. The molecule has 0 spiro atoms. The van der Waals surface area contributed by atoms with Gasteiger partial charge in [0, 0.05) is 61.2 Å². The number of benzene rings is 2. The molecular weight excluding hydrogens is 668 g/mol. The number of carboxylic acids is 1. The van der Waals surface area contributed by atoms with Crippen molar-refractivity contribution < 1.29 is 37.7 Å². The first-order chi connectivity index (χ1) is 25.0. The van der Waals surface area contributed by atoms with Crippen LogP contribution in [0.3, 0.4) is 0 Å². The van der Waals surface area contributed by atoms with Crippen molar-refractivity contribution in [3.8, 4) is 11.5 Å². The number of hydrogen-bond acceptors (Lipinski definition) is 11. The van der Waals surface area contributed by atoms with Gasteiger partial charge in [0.25, 0.3) is 0 Å². The molecule has 0 atom stereocenters. The third-order valence-corrected chi connectivity index (χ3v) is 10.0. The van der Waals surface area contributed by atoms with Gasteiger partial charge in [-0.3, -0.25) is 9.80 Å². The lowest BCUT2D eigenvalue weighted by Gasteiger charge is -2.27. The molecule has 2 aliphatic rings. The second-order valence-corrected chi connectivity index (χ2v) is 13.4. The summed E-state index contributed by atoms with van der Waals surface area (Å²) in [6.07, 6.45) is 2.27. The zero-order valence-electron chi connectivity index (χ0n) is 30.3. The van der Waals surface area contributed by atoms with E-state index in [-0.39, 0.29) is 11.5 Å². The molecule has 1 N–H and O–H groups in total. The molecule has 0 aliphatic carbocycles. The van der Waals surface area contributed by atoms with Gasteiger partial charge in [-0.15, -0.1) is 13.2 Å². The Morgan fingerprint density at radius 1 is 0.731 bits per heavy atom. The molecule has 4 heterocycles. The van der Waals surface area contributed by atoms with Crippen molar-refractivity contribution in [2.45, 2.75) is 59.9 Å². The highest BCUT2D eigenvalue weighted by Gasteiger charge is 2.29. The number of aryl methyl sites for hydroxylation is 4. The molecule has 0 saturated carbocycles. The van der Waals surface area contributed by atoms with E-state index in [9.17, 15) is 19.5 Å². The van der Waals surface area contributed by atoms with Crippen LogP contribution in [-0.4, -0.2) is 79.8 Å². The van der Waals surface area contributed by atoms with Crippen LogP contribution >= 0.6 is 0 Å². The number of fused-ring (bicyclic) bond motifs is 2. The van der Waals surface area contributed by atoms with E-state index in [0.29, 0.717) is 123 Å². The van der Waals surface area contributed by atoms with Crippen LogP contribution in [0.4, 0.5) is 0 Å². The Bertz CT molecular complexity index is 1990. The van der Waals surface area contributed by atoms with Crippen molar-refractivity contribution >= 4 is 27.9 Å². The van der Waals surface area contributed by atoms with Gasteiger partial charge in [0.2, 0.25) is 0 Å². The first-order valence-corrected chi connectivity index (χ1v) is 17.6. The first-order valence-electron chi connectivity index (χ1n) is 17.6. The minimum Gasteiger partial charge on any atom is -0.476 e. The van der Waals surface area contributed by atoms with Gasteiger partial charge in [0.1, 0.15) is 22.7 Å². The Kier molecular flexibility index (Phi) is 11.3. The molecule has 52 heavy (non-hydrogen) atoms. The van der Waals surface area contributed by atoms with Crippen molar-refractivity contribution in [2.24, 2.45) is 0 Å². The second-order valence-electron chi connectivity index (χ2n) is 13.4. The summed E-state index contributed by atoms with van der Waals surface area (Å²) in [5, 5.41) is 11.9. The van der Waals surface area contributed by atoms with Gasteiger partial charge >= 0.3 is 23.5 Å². The fourth-order valence-corrected chi connectivity index (χ4v) is 7.08. The molecule has 0 radical (unpaired) electrons. The monoisotopic (exact) mass is 714 g/mol. The molecule has 0 amide bonds. The Balaban J connectivity index is 1.39. The maximum atomic E-state index is 13.3. The van der Waals surface area contributed by atoms with Crippen LogP contribution < -0.4 is 20.7 Å². The van der Waals surface area contributed by atoms with Crippen LogP contribution in [0.1, 0.15) is 44.5 Å². The Morgan fingerprint density at radius 3 is 1.46 bits per heavy atom. The number of aliphatic carboxylic acids is 1. The summed E-state index contributed by atoms with van der Waals surface area (Å²) in [4.78, 5) is 43.8. The molecule has 276 valence electrons. The van der Waals surface area contributed by atoms with Crippen molar-refractivity contribution in [2.75, 3.05) is 52.6 Å². The lowest BCUT2D eigenvalue weighted by atomic mass is 9.97. The van der Waals surface area contributed by atoms with Crippen LogP contribution in [0.2, 0.25) is 0 Å². The van der Waals surface area contributed by atoms with E-state index in [2.05, 4.69) is 23.0 Å². The minimum atomic E-state index is -1.82. The number of allylic oxidation sites excluding steroid dienone is 2. The van der Waals surface area contributed by atoms with Crippen molar-refractivity contribution in [3.05, 3.63) is 103 Å². The third-order valence-electron chi connectivity index (χ3n) is 10.0. The molecule has 6 rings (SSSR count). The molecule has 0 bridgehead atoms. The number of carboxylic acid groups (broad SMARTS) is 1. The topological polar surface area (TPSA) is 141 Å². The van der Waals surface area contributed by atoms with E-state index in [1.165, 1.54) is 0 Å². The normalized spacial score (nSPS) is 15.7. The van der Waals surface area contributed by atoms with Gasteiger partial charge in [-0.2, -0.15) is 0 Å². The van der Waals surface area contributed by atoms with Gasteiger partial charge < -0.3 is 32.9 Å². The molecular formula is C40H46N2O10. The van der Waals surface area contributed by atoms with E-state index in [1.54, 1.807) is 26.0 Å². The van der Waals surface area contributed by atoms with E-state index in [0.717, 1.165) is 21.9 Å². The van der Waals surface area contributed by atoms with Crippen molar-refractivity contribution in [1.82, 2.24) is 9.80 Å². The SMILES string of the molecule is C=CCc1cc2c(C)c(CN3CCOCC3)c(=O)oc2c(C)c1OC(Oc1c(CC=C)cc2c(C)c(CN3CCOCC3)c(=O)oc2c1C)C(=O)O. The van der Waals surface area contributed by atoms with Crippen molar-refractivity contribution in [3.63, 3.8) is 0 Å². The number of ether oxygens (including phenoxy) is 4. The largest absolute Gasteiger partial charge is 0.476 e. The summed E-state index contributed by atoms with van der Waals surface area (Å²) in [5.41, 5.74) is 4.61. The van der Waals surface area contributed by atoms with Gasteiger partial charge in [0.15, 0.2) is 0 Å². The summed E-state index contributed by atoms with van der Waals surface area (Å²) in [6, 6.07) is 3.71. The summed E-state index contributed by atoms with van der Waals surface area (Å²) in [6.45, 7) is 21.2. The predicted molar refractivity (Wildman–Crippen MR) is 197 cm³/mol. The van der Waals surface area contributed by atoms with Gasteiger partial charge in [0.05, 0.1) is 37.6 Å². The van der Waals surface area contributed by atoms with Crippen LogP contribution in [-0.2, 0) is 40.2 Å². The highest BCUT2D eigenvalue weighted by Crippen LogP contribution is 2.38. The number of nitrogens with zero attached hydrogens (tertiary/aromatic N) is 2.